The van der Waals surface area contributed by atoms with Gasteiger partial charge in [0.05, 0.1) is 6.26 Å². The molecule has 138 valence electrons. The average molecular weight is 373 g/mol. The molecular formula is C19H23N3O3S. The maximum absolute atomic E-state index is 12.8. The van der Waals surface area contributed by atoms with Crippen molar-refractivity contribution < 1.29 is 13.2 Å². The summed E-state index contributed by atoms with van der Waals surface area (Å²) in [5.74, 6) is -0.0502. The number of hydrogen-bond donors (Lipinski definition) is 0. The molecule has 0 bridgehead atoms. The van der Waals surface area contributed by atoms with Crippen LogP contribution < -0.4 is 4.90 Å². The molecule has 3 rings (SSSR count). The number of amides is 1. The zero-order chi connectivity index (χ0) is 18.7. The first-order chi connectivity index (χ1) is 12.4. The second-order valence-corrected chi connectivity index (χ2v) is 8.63. The van der Waals surface area contributed by atoms with Gasteiger partial charge in [0, 0.05) is 43.6 Å². The summed E-state index contributed by atoms with van der Waals surface area (Å²) in [5.41, 5.74) is 2.94. The van der Waals surface area contributed by atoms with Crippen molar-refractivity contribution in [3.63, 3.8) is 0 Å². The molecule has 1 amide bonds. The molecule has 1 unspecified atom stereocenters. The Morgan fingerprint density at radius 2 is 1.92 bits per heavy atom. The first kappa shape index (κ1) is 18.5. The number of rotatable bonds is 6. The van der Waals surface area contributed by atoms with Gasteiger partial charge >= 0.3 is 0 Å². The van der Waals surface area contributed by atoms with Crippen LogP contribution in [-0.2, 0) is 27.8 Å². The van der Waals surface area contributed by atoms with Gasteiger partial charge in [0.1, 0.15) is 0 Å². The molecule has 26 heavy (non-hydrogen) atoms. The van der Waals surface area contributed by atoms with Gasteiger partial charge in [-0.3, -0.25) is 9.78 Å². The van der Waals surface area contributed by atoms with E-state index in [4.69, 9.17) is 0 Å². The summed E-state index contributed by atoms with van der Waals surface area (Å²) in [6.07, 6.45) is 5.41. The van der Waals surface area contributed by atoms with Crippen molar-refractivity contribution in [2.45, 2.75) is 32.4 Å². The normalized spacial score (nSPS) is 16.7. The molecule has 0 aliphatic carbocycles. The Kier molecular flexibility index (Phi) is 5.38. The average Bonchev–Trinajstić information content (AvgIpc) is 2.94. The van der Waals surface area contributed by atoms with E-state index in [1.54, 1.807) is 29.4 Å². The van der Waals surface area contributed by atoms with Gasteiger partial charge in [-0.1, -0.05) is 18.2 Å². The molecule has 0 fully saturated rings. The maximum atomic E-state index is 12.8. The van der Waals surface area contributed by atoms with E-state index in [-0.39, 0.29) is 31.5 Å². The topological polar surface area (TPSA) is 70.6 Å². The second-order valence-electron chi connectivity index (χ2n) is 6.65. The molecule has 1 aromatic carbocycles. The highest BCUT2D eigenvalue weighted by atomic mass is 32.2. The van der Waals surface area contributed by atoms with Gasteiger partial charge in [0.25, 0.3) is 0 Å². The number of sulfonamides is 1. The van der Waals surface area contributed by atoms with Crippen LogP contribution in [0.3, 0.4) is 0 Å². The third-order valence-corrected chi connectivity index (χ3v) is 5.88. The van der Waals surface area contributed by atoms with Crippen LogP contribution in [0, 0.1) is 0 Å². The smallest absolute Gasteiger partial charge is 0.228 e. The first-order valence-corrected chi connectivity index (χ1v) is 10.4. The van der Waals surface area contributed by atoms with Gasteiger partial charge in [-0.05, 0) is 42.7 Å². The number of anilines is 1. The Labute approximate surface area is 154 Å². The van der Waals surface area contributed by atoms with E-state index < -0.39 is 10.0 Å². The molecule has 0 radical (unpaired) electrons. The molecular weight excluding hydrogens is 350 g/mol. The van der Waals surface area contributed by atoms with Crippen molar-refractivity contribution in [2.75, 3.05) is 17.7 Å². The zero-order valence-electron chi connectivity index (χ0n) is 15.0. The first-order valence-electron chi connectivity index (χ1n) is 8.60. The highest BCUT2D eigenvalue weighted by Gasteiger charge is 2.31. The van der Waals surface area contributed by atoms with Crippen molar-refractivity contribution >= 4 is 21.6 Å². The van der Waals surface area contributed by atoms with Crippen LogP contribution in [0.25, 0.3) is 0 Å². The predicted octanol–water partition coefficient (Wildman–Crippen LogP) is 2.21. The van der Waals surface area contributed by atoms with Crippen LogP contribution >= 0.6 is 0 Å². The van der Waals surface area contributed by atoms with Crippen LogP contribution in [0.5, 0.6) is 0 Å². The largest absolute Gasteiger partial charge is 0.309 e. The fourth-order valence-electron chi connectivity index (χ4n) is 3.34. The minimum Gasteiger partial charge on any atom is -0.309 e. The molecule has 6 nitrogen and oxygen atoms in total. The van der Waals surface area contributed by atoms with Crippen molar-refractivity contribution in [1.29, 1.82) is 0 Å². The zero-order valence-corrected chi connectivity index (χ0v) is 15.8. The SMILES string of the molecule is CC1Cc2ccccc2N1C(=O)CCN(Cc1ccncc1)S(C)(=O)=O. The summed E-state index contributed by atoms with van der Waals surface area (Å²) in [6, 6.07) is 11.5. The van der Waals surface area contributed by atoms with E-state index in [0.29, 0.717) is 0 Å². The number of carbonyl (C=O) groups is 1. The number of hydrogen-bond acceptors (Lipinski definition) is 4. The minimum atomic E-state index is -3.41. The van der Waals surface area contributed by atoms with Crippen molar-refractivity contribution in [1.82, 2.24) is 9.29 Å². The van der Waals surface area contributed by atoms with Crippen LogP contribution in [0.15, 0.2) is 48.8 Å². The van der Waals surface area contributed by atoms with E-state index in [9.17, 15) is 13.2 Å². The summed E-state index contributed by atoms with van der Waals surface area (Å²) < 4.78 is 25.6. The van der Waals surface area contributed by atoms with Crippen molar-refractivity contribution in [2.24, 2.45) is 0 Å². The number of carbonyl (C=O) groups excluding carboxylic acids is 1. The number of aromatic nitrogens is 1. The van der Waals surface area contributed by atoms with E-state index in [1.165, 1.54) is 10.6 Å². The Hall–Kier alpha value is -2.25. The standard InChI is InChI=1S/C19H23N3O3S/c1-15-13-17-5-3-4-6-18(17)22(15)19(23)9-12-21(26(2,24)25)14-16-7-10-20-11-8-16/h3-8,10-11,15H,9,12-14H2,1-2H3. The highest BCUT2D eigenvalue weighted by Crippen LogP contribution is 2.32. The molecule has 0 spiro atoms. The van der Waals surface area contributed by atoms with Crippen LogP contribution in [0.2, 0.25) is 0 Å². The summed E-state index contributed by atoms with van der Waals surface area (Å²) >= 11 is 0. The summed E-state index contributed by atoms with van der Waals surface area (Å²) in [7, 11) is -3.41. The van der Waals surface area contributed by atoms with E-state index in [2.05, 4.69) is 4.98 Å². The van der Waals surface area contributed by atoms with Gasteiger partial charge in [-0.25, -0.2) is 8.42 Å². The number of pyridine rings is 1. The number of benzene rings is 1. The van der Waals surface area contributed by atoms with Crippen LogP contribution in [0.4, 0.5) is 5.69 Å². The summed E-state index contributed by atoms with van der Waals surface area (Å²) in [5, 5.41) is 0. The molecule has 7 heteroatoms. The quantitative estimate of drug-likeness (QED) is 0.778. The predicted molar refractivity (Wildman–Crippen MR) is 101 cm³/mol. The fourth-order valence-corrected chi connectivity index (χ4v) is 4.15. The Morgan fingerprint density at radius 1 is 1.23 bits per heavy atom. The van der Waals surface area contributed by atoms with Gasteiger partial charge in [-0.15, -0.1) is 0 Å². The van der Waals surface area contributed by atoms with E-state index >= 15 is 0 Å². The third-order valence-electron chi connectivity index (χ3n) is 4.63. The lowest BCUT2D eigenvalue weighted by Gasteiger charge is -2.25. The Balaban J connectivity index is 1.70. The lowest BCUT2D eigenvalue weighted by molar-refractivity contribution is -0.119. The van der Waals surface area contributed by atoms with Gasteiger partial charge < -0.3 is 4.90 Å². The maximum Gasteiger partial charge on any atom is 0.228 e. The third kappa shape index (κ3) is 4.11. The van der Waals surface area contributed by atoms with E-state index in [1.807, 2.05) is 31.2 Å². The van der Waals surface area contributed by atoms with Crippen molar-refractivity contribution in [3.05, 3.63) is 59.9 Å². The molecule has 1 atom stereocenters. The minimum absolute atomic E-state index is 0.0502. The van der Waals surface area contributed by atoms with Gasteiger partial charge in [0.15, 0.2) is 0 Å². The fraction of sp³-hybridized carbons (Fsp3) is 0.368. The van der Waals surface area contributed by atoms with Crippen LogP contribution in [0.1, 0.15) is 24.5 Å². The number of fused-ring (bicyclic) bond motifs is 1. The van der Waals surface area contributed by atoms with Crippen molar-refractivity contribution in [3.8, 4) is 0 Å². The molecule has 0 saturated carbocycles. The van der Waals surface area contributed by atoms with Gasteiger partial charge in [0.2, 0.25) is 15.9 Å². The Bertz CT molecular complexity index is 884. The highest BCUT2D eigenvalue weighted by molar-refractivity contribution is 7.88. The Morgan fingerprint density at radius 3 is 2.62 bits per heavy atom. The molecule has 2 heterocycles. The van der Waals surface area contributed by atoms with Gasteiger partial charge in [-0.2, -0.15) is 4.31 Å². The van der Waals surface area contributed by atoms with Crippen LogP contribution in [-0.4, -0.2) is 42.5 Å². The van der Waals surface area contributed by atoms with E-state index in [0.717, 1.165) is 23.2 Å². The summed E-state index contributed by atoms with van der Waals surface area (Å²) in [4.78, 5) is 18.5. The summed E-state index contributed by atoms with van der Waals surface area (Å²) in [6.45, 7) is 2.41. The molecule has 1 aliphatic rings. The molecule has 0 saturated heterocycles. The molecule has 1 aliphatic heterocycles. The molecule has 1 aromatic heterocycles. The second kappa shape index (κ2) is 7.55. The molecule has 0 N–H and O–H groups in total. The number of nitrogens with zero attached hydrogens (tertiary/aromatic N) is 3. The lowest BCUT2D eigenvalue weighted by atomic mass is 10.1. The number of para-hydroxylation sites is 1. The monoisotopic (exact) mass is 373 g/mol. The lowest BCUT2D eigenvalue weighted by Crippen LogP contribution is -2.39. The molecule has 2 aromatic rings.